The Labute approximate surface area is 196 Å². The molecule has 2 aromatic carbocycles. The molecule has 2 amide bonds. The average Bonchev–Trinajstić information content (AvgIpc) is 3.56. The van der Waals surface area contributed by atoms with Crippen LogP contribution in [0.2, 0.25) is 10.0 Å². The normalized spacial score (nSPS) is 15.0. The maximum absolute atomic E-state index is 12.7. The highest BCUT2D eigenvalue weighted by atomic mass is 35.5. The summed E-state index contributed by atoms with van der Waals surface area (Å²) in [5.74, 6) is -0.369. The third kappa shape index (κ3) is 5.10. The largest absolute Gasteiger partial charge is 0.347 e. The third-order valence-corrected chi connectivity index (χ3v) is 6.28. The van der Waals surface area contributed by atoms with E-state index in [9.17, 15) is 9.59 Å². The number of rotatable bonds is 7. The molecule has 1 aliphatic rings. The van der Waals surface area contributed by atoms with Gasteiger partial charge in [0, 0.05) is 36.1 Å². The van der Waals surface area contributed by atoms with Crippen LogP contribution in [0.5, 0.6) is 0 Å². The molecule has 0 aliphatic heterocycles. The first kappa shape index (κ1) is 22.3. The quantitative estimate of drug-likeness (QED) is 0.462. The maximum Gasteiger partial charge on any atom is 0.255 e. The molecule has 32 heavy (non-hydrogen) atoms. The molecular weight excluding hydrogens is 447 g/mol. The zero-order chi connectivity index (χ0) is 22.7. The van der Waals surface area contributed by atoms with Crippen molar-refractivity contribution in [1.82, 2.24) is 10.3 Å². The van der Waals surface area contributed by atoms with Gasteiger partial charge in [-0.15, -0.1) is 0 Å². The molecule has 4 N–H and O–H groups in total. The van der Waals surface area contributed by atoms with Crippen molar-refractivity contribution in [1.29, 1.82) is 0 Å². The van der Waals surface area contributed by atoms with Crippen molar-refractivity contribution in [3.63, 3.8) is 0 Å². The van der Waals surface area contributed by atoms with E-state index < -0.39 is 11.6 Å². The third-order valence-electron chi connectivity index (χ3n) is 5.55. The van der Waals surface area contributed by atoms with E-state index in [4.69, 9.17) is 28.9 Å². The van der Waals surface area contributed by atoms with Crippen molar-refractivity contribution in [3.05, 3.63) is 93.7 Å². The van der Waals surface area contributed by atoms with Crippen LogP contribution >= 0.6 is 23.2 Å². The van der Waals surface area contributed by atoms with Crippen molar-refractivity contribution >= 4 is 40.7 Å². The molecule has 0 bridgehead atoms. The Kier molecular flexibility index (Phi) is 6.46. The summed E-state index contributed by atoms with van der Waals surface area (Å²) in [7, 11) is 0. The summed E-state index contributed by atoms with van der Waals surface area (Å²) in [6.45, 7) is 0. The maximum atomic E-state index is 12.7. The predicted molar refractivity (Wildman–Crippen MR) is 126 cm³/mol. The fourth-order valence-electron chi connectivity index (χ4n) is 3.56. The molecule has 1 heterocycles. The topological polar surface area (TPSA) is 97.1 Å². The fourth-order valence-corrected chi connectivity index (χ4v) is 3.86. The lowest BCUT2D eigenvalue weighted by molar-refractivity contribution is -0.122. The van der Waals surface area contributed by atoms with Crippen LogP contribution < -0.4 is 16.4 Å². The Bertz CT molecular complexity index is 1130. The number of carbonyl (C=O) groups excluding carboxylic acids is 2. The Morgan fingerprint density at radius 2 is 1.69 bits per heavy atom. The van der Waals surface area contributed by atoms with Gasteiger partial charge in [-0.3, -0.25) is 14.6 Å². The minimum Gasteiger partial charge on any atom is -0.347 e. The smallest absolute Gasteiger partial charge is 0.255 e. The van der Waals surface area contributed by atoms with Crippen LogP contribution in [0.1, 0.15) is 46.8 Å². The summed E-state index contributed by atoms with van der Waals surface area (Å²) < 4.78 is 0. The highest BCUT2D eigenvalue weighted by Crippen LogP contribution is 2.46. The van der Waals surface area contributed by atoms with Gasteiger partial charge in [0.15, 0.2) is 0 Å². The summed E-state index contributed by atoms with van der Waals surface area (Å²) in [5, 5.41) is 6.85. The summed E-state index contributed by atoms with van der Waals surface area (Å²) in [4.78, 5) is 29.0. The highest BCUT2D eigenvalue weighted by molar-refractivity contribution is 6.42. The van der Waals surface area contributed by atoms with Gasteiger partial charge in [0.1, 0.15) is 0 Å². The molecule has 8 heteroatoms. The molecule has 1 saturated carbocycles. The van der Waals surface area contributed by atoms with E-state index in [0.29, 0.717) is 21.3 Å². The van der Waals surface area contributed by atoms with Crippen molar-refractivity contribution < 1.29 is 9.59 Å². The number of benzene rings is 2. The monoisotopic (exact) mass is 468 g/mol. The molecule has 164 valence electrons. The molecule has 0 spiro atoms. The molecular formula is C24H22Cl2N4O2. The lowest BCUT2D eigenvalue weighted by Gasteiger charge is -2.20. The van der Waals surface area contributed by atoms with E-state index in [0.717, 1.165) is 24.0 Å². The lowest BCUT2D eigenvalue weighted by Crippen LogP contribution is -2.36. The zero-order valence-electron chi connectivity index (χ0n) is 17.1. The second-order valence-electron chi connectivity index (χ2n) is 7.88. The molecule has 0 saturated heterocycles. The van der Waals surface area contributed by atoms with Gasteiger partial charge in [-0.2, -0.15) is 0 Å². The van der Waals surface area contributed by atoms with Gasteiger partial charge in [0.2, 0.25) is 5.91 Å². The number of anilines is 1. The summed E-state index contributed by atoms with van der Waals surface area (Å²) in [6, 6.07) is 15.3. The SMILES string of the molecule is NC(CC(=O)NC1(c2ccc(Cl)c(Cl)c2)CC1)c1ccc(C(=O)Nc2ccncc2)cc1. The minimum absolute atomic E-state index is 0.131. The average molecular weight is 469 g/mol. The lowest BCUT2D eigenvalue weighted by atomic mass is 10.0. The Morgan fingerprint density at radius 3 is 2.31 bits per heavy atom. The number of amides is 2. The molecule has 1 aromatic heterocycles. The van der Waals surface area contributed by atoms with Crippen molar-refractivity contribution in [2.45, 2.75) is 30.8 Å². The van der Waals surface area contributed by atoms with E-state index in [1.165, 1.54) is 0 Å². The van der Waals surface area contributed by atoms with E-state index >= 15 is 0 Å². The van der Waals surface area contributed by atoms with Crippen LogP contribution in [-0.2, 0) is 10.3 Å². The number of hydrogen-bond donors (Lipinski definition) is 3. The zero-order valence-corrected chi connectivity index (χ0v) is 18.7. The number of pyridine rings is 1. The van der Waals surface area contributed by atoms with Gasteiger partial charge in [-0.1, -0.05) is 41.4 Å². The first-order valence-corrected chi connectivity index (χ1v) is 11.0. The first-order valence-electron chi connectivity index (χ1n) is 10.2. The van der Waals surface area contributed by atoms with Crippen molar-refractivity contribution in [2.24, 2.45) is 5.73 Å². The number of nitrogens with two attached hydrogens (primary N) is 1. The number of halogens is 2. The Hall–Kier alpha value is -2.93. The van der Waals surface area contributed by atoms with Gasteiger partial charge in [0.05, 0.1) is 15.6 Å². The molecule has 0 radical (unpaired) electrons. The Balaban J connectivity index is 1.35. The van der Waals surface area contributed by atoms with Gasteiger partial charge in [-0.05, 0) is 60.4 Å². The van der Waals surface area contributed by atoms with Gasteiger partial charge in [-0.25, -0.2) is 0 Å². The van der Waals surface area contributed by atoms with Crippen LogP contribution in [0.3, 0.4) is 0 Å². The summed E-state index contributed by atoms with van der Waals surface area (Å²) >= 11 is 12.1. The molecule has 1 unspecified atom stereocenters. The summed E-state index contributed by atoms with van der Waals surface area (Å²) in [5.41, 5.74) is 8.74. The van der Waals surface area contributed by atoms with Crippen LogP contribution in [0.15, 0.2) is 67.0 Å². The van der Waals surface area contributed by atoms with E-state index in [1.54, 1.807) is 60.9 Å². The van der Waals surface area contributed by atoms with Gasteiger partial charge in [0.25, 0.3) is 5.91 Å². The number of carbonyl (C=O) groups is 2. The second-order valence-corrected chi connectivity index (χ2v) is 8.70. The predicted octanol–water partition coefficient (Wildman–Crippen LogP) is 4.84. The molecule has 1 aliphatic carbocycles. The van der Waals surface area contributed by atoms with Crippen LogP contribution in [-0.4, -0.2) is 16.8 Å². The number of hydrogen-bond acceptors (Lipinski definition) is 4. The van der Waals surface area contributed by atoms with Crippen molar-refractivity contribution in [2.75, 3.05) is 5.32 Å². The standard InChI is InChI=1S/C24H22Cl2N4O2/c25-19-6-5-17(13-20(19)26)24(9-10-24)30-22(31)14-21(27)15-1-3-16(4-2-15)23(32)29-18-7-11-28-12-8-18/h1-8,11-13,21H,9-10,14,27H2,(H,30,31)(H,28,29,32). The van der Waals surface area contributed by atoms with E-state index in [2.05, 4.69) is 15.6 Å². The number of nitrogens with zero attached hydrogens (tertiary/aromatic N) is 1. The Morgan fingerprint density at radius 1 is 1.00 bits per heavy atom. The molecule has 4 rings (SSSR count). The van der Waals surface area contributed by atoms with Gasteiger partial charge < -0.3 is 16.4 Å². The summed E-state index contributed by atoms with van der Waals surface area (Å²) in [6.07, 6.45) is 5.03. The van der Waals surface area contributed by atoms with Crippen molar-refractivity contribution in [3.8, 4) is 0 Å². The number of nitrogens with one attached hydrogen (secondary N) is 2. The van der Waals surface area contributed by atoms with E-state index in [-0.39, 0.29) is 18.2 Å². The second kappa shape index (κ2) is 9.28. The molecule has 6 nitrogen and oxygen atoms in total. The molecule has 3 aromatic rings. The highest BCUT2D eigenvalue weighted by Gasteiger charge is 2.45. The molecule has 1 atom stereocenters. The number of aromatic nitrogens is 1. The first-order chi connectivity index (χ1) is 15.4. The van der Waals surface area contributed by atoms with Crippen LogP contribution in [0, 0.1) is 0 Å². The minimum atomic E-state index is -0.489. The van der Waals surface area contributed by atoms with E-state index in [1.807, 2.05) is 6.07 Å². The fraction of sp³-hybridized carbons (Fsp3) is 0.208. The van der Waals surface area contributed by atoms with Gasteiger partial charge >= 0.3 is 0 Å². The van der Waals surface area contributed by atoms with Crippen LogP contribution in [0.4, 0.5) is 5.69 Å². The molecule has 1 fully saturated rings. The van der Waals surface area contributed by atoms with Crippen LogP contribution in [0.25, 0.3) is 0 Å².